The van der Waals surface area contributed by atoms with Gasteiger partial charge in [-0.3, -0.25) is 5.32 Å². The largest absolute Gasteiger partial charge is 0.450 e. The normalized spacial score (nSPS) is 11.6. The topological polar surface area (TPSA) is 96.3 Å². The van der Waals surface area contributed by atoms with Gasteiger partial charge in [0.2, 0.25) is 9.84 Å². The number of nitriles is 1. The number of hydrogen-bond donors (Lipinski definition) is 1. The molecule has 8 heteroatoms. The van der Waals surface area contributed by atoms with Crippen LogP contribution in [-0.2, 0) is 14.6 Å². The number of thiophene rings is 1. The van der Waals surface area contributed by atoms with Crippen LogP contribution in [0.5, 0.6) is 0 Å². The van der Waals surface area contributed by atoms with Gasteiger partial charge in [0.25, 0.3) is 0 Å². The summed E-state index contributed by atoms with van der Waals surface area (Å²) < 4.78 is 30.1. The van der Waals surface area contributed by atoms with Crippen LogP contribution in [0.4, 0.5) is 9.80 Å². The van der Waals surface area contributed by atoms with Crippen molar-refractivity contribution < 1.29 is 17.9 Å². The minimum Gasteiger partial charge on any atom is -0.450 e. The number of anilines is 1. The Morgan fingerprint density at radius 3 is 2.60 bits per heavy atom. The average Bonchev–Trinajstić information content (AvgIpc) is 2.99. The number of sulfone groups is 1. The summed E-state index contributed by atoms with van der Waals surface area (Å²) in [7, 11) is -3.94. The molecule has 0 aliphatic heterocycles. The molecule has 0 aliphatic carbocycles. The number of nitrogens with zero attached hydrogens (tertiary/aromatic N) is 1. The molecule has 6 nitrogen and oxygen atoms in total. The van der Waals surface area contributed by atoms with E-state index in [1.807, 2.05) is 6.92 Å². The lowest BCUT2D eigenvalue weighted by Crippen LogP contribution is -2.13. The maximum absolute atomic E-state index is 12.6. The van der Waals surface area contributed by atoms with Crippen LogP contribution in [0.3, 0.4) is 0 Å². The van der Waals surface area contributed by atoms with Crippen LogP contribution in [0, 0.1) is 18.3 Å². The number of amides is 1. The molecule has 0 radical (unpaired) electrons. The quantitative estimate of drug-likeness (QED) is 0.797. The molecular formula is C17H16N2O4S2. The van der Waals surface area contributed by atoms with E-state index in [-0.39, 0.29) is 11.5 Å². The predicted octanol–water partition coefficient (Wildman–Crippen LogP) is 3.96. The fraction of sp³-hybridized carbons (Fsp3) is 0.176. The summed E-state index contributed by atoms with van der Waals surface area (Å²) in [6.45, 7) is 3.74. The van der Waals surface area contributed by atoms with Gasteiger partial charge in [-0.1, -0.05) is 17.7 Å². The zero-order valence-corrected chi connectivity index (χ0v) is 15.3. The number of benzene rings is 1. The number of allylic oxidation sites excluding steroid dienone is 1. The maximum Gasteiger partial charge on any atom is 0.412 e. The Kier molecular flexibility index (Phi) is 5.96. The van der Waals surface area contributed by atoms with Crippen molar-refractivity contribution in [3.63, 3.8) is 0 Å². The van der Waals surface area contributed by atoms with E-state index in [0.29, 0.717) is 10.6 Å². The first-order valence-corrected chi connectivity index (χ1v) is 9.69. The van der Waals surface area contributed by atoms with E-state index < -0.39 is 20.8 Å². The minimum atomic E-state index is -3.94. The Balaban J connectivity index is 2.38. The molecule has 0 spiro atoms. The van der Waals surface area contributed by atoms with Crippen LogP contribution in [-0.4, -0.2) is 21.1 Å². The van der Waals surface area contributed by atoms with E-state index in [2.05, 4.69) is 5.32 Å². The Morgan fingerprint density at radius 1 is 1.32 bits per heavy atom. The van der Waals surface area contributed by atoms with Gasteiger partial charge in [0, 0.05) is 5.56 Å². The standard InChI is InChI=1S/C17H16N2O4S2/c1-3-23-17(20)19-16-13(8-9-24-16)10-15(11-18)25(21,22)14-6-4-12(2)5-7-14/h4-10H,3H2,1-2H3,(H,19,20). The van der Waals surface area contributed by atoms with Crippen molar-refractivity contribution in [2.45, 2.75) is 18.7 Å². The monoisotopic (exact) mass is 376 g/mol. The molecule has 1 amide bonds. The second-order valence-corrected chi connectivity index (χ2v) is 7.82. The van der Waals surface area contributed by atoms with Gasteiger partial charge in [-0.15, -0.1) is 11.3 Å². The van der Waals surface area contributed by atoms with Gasteiger partial charge >= 0.3 is 6.09 Å². The van der Waals surface area contributed by atoms with Crippen molar-refractivity contribution in [2.75, 3.05) is 11.9 Å². The second-order valence-electron chi connectivity index (χ2n) is 4.99. The molecule has 2 rings (SSSR count). The predicted molar refractivity (Wildman–Crippen MR) is 96.9 cm³/mol. The first-order chi connectivity index (χ1) is 11.9. The van der Waals surface area contributed by atoms with E-state index in [0.717, 1.165) is 5.56 Å². The van der Waals surface area contributed by atoms with Crippen molar-refractivity contribution >= 4 is 38.3 Å². The molecule has 2 aromatic rings. The molecule has 0 fully saturated rings. The third-order valence-corrected chi connectivity index (χ3v) is 5.73. The van der Waals surface area contributed by atoms with Crippen molar-refractivity contribution in [1.82, 2.24) is 0 Å². The maximum atomic E-state index is 12.6. The zero-order valence-electron chi connectivity index (χ0n) is 13.6. The van der Waals surface area contributed by atoms with Crippen molar-refractivity contribution in [3.8, 4) is 6.07 Å². The lowest BCUT2D eigenvalue weighted by molar-refractivity contribution is 0.168. The summed E-state index contributed by atoms with van der Waals surface area (Å²) in [6, 6.07) is 9.61. The van der Waals surface area contributed by atoms with Crippen LogP contribution >= 0.6 is 11.3 Å². The molecule has 0 saturated heterocycles. The molecule has 0 saturated carbocycles. The van der Waals surface area contributed by atoms with Gasteiger partial charge in [-0.25, -0.2) is 13.2 Å². The van der Waals surface area contributed by atoms with Gasteiger partial charge in [-0.05, 0) is 43.5 Å². The fourth-order valence-corrected chi connectivity index (χ4v) is 3.86. The molecule has 25 heavy (non-hydrogen) atoms. The Morgan fingerprint density at radius 2 is 2.00 bits per heavy atom. The summed E-state index contributed by atoms with van der Waals surface area (Å²) in [5, 5.41) is 13.9. The summed E-state index contributed by atoms with van der Waals surface area (Å²) in [4.78, 5) is 11.2. The van der Waals surface area contributed by atoms with Gasteiger partial charge in [-0.2, -0.15) is 5.26 Å². The van der Waals surface area contributed by atoms with E-state index >= 15 is 0 Å². The third-order valence-electron chi connectivity index (χ3n) is 3.20. The fourth-order valence-electron chi connectivity index (χ4n) is 1.95. The summed E-state index contributed by atoms with van der Waals surface area (Å²) in [6.07, 6.45) is 0.604. The third kappa shape index (κ3) is 4.47. The van der Waals surface area contributed by atoms with Crippen LogP contribution in [0.2, 0.25) is 0 Å². The highest BCUT2D eigenvalue weighted by molar-refractivity contribution is 7.95. The van der Waals surface area contributed by atoms with Crippen LogP contribution in [0.1, 0.15) is 18.1 Å². The van der Waals surface area contributed by atoms with Crippen molar-refractivity contribution in [1.29, 1.82) is 5.26 Å². The summed E-state index contributed by atoms with van der Waals surface area (Å²) >= 11 is 1.20. The Hall–Kier alpha value is -2.63. The zero-order chi connectivity index (χ0) is 18.4. The Bertz CT molecular complexity index is 936. The van der Waals surface area contributed by atoms with Gasteiger partial charge < -0.3 is 4.74 Å². The lowest BCUT2D eigenvalue weighted by atomic mass is 10.2. The van der Waals surface area contributed by atoms with E-state index in [9.17, 15) is 18.5 Å². The molecule has 1 aromatic carbocycles. The van der Waals surface area contributed by atoms with E-state index in [4.69, 9.17) is 4.74 Å². The average molecular weight is 376 g/mol. The van der Waals surface area contributed by atoms with E-state index in [1.54, 1.807) is 36.6 Å². The molecule has 1 heterocycles. The molecule has 1 aromatic heterocycles. The van der Waals surface area contributed by atoms with Crippen LogP contribution in [0.25, 0.3) is 6.08 Å². The number of carbonyl (C=O) groups excluding carboxylic acids is 1. The molecular weight excluding hydrogens is 360 g/mol. The molecule has 0 atom stereocenters. The molecule has 0 bridgehead atoms. The summed E-state index contributed by atoms with van der Waals surface area (Å²) in [5.41, 5.74) is 1.34. The number of rotatable bonds is 5. The van der Waals surface area contributed by atoms with Gasteiger partial charge in [0.15, 0.2) is 0 Å². The number of carbonyl (C=O) groups is 1. The highest BCUT2D eigenvalue weighted by Crippen LogP contribution is 2.28. The van der Waals surface area contributed by atoms with Crippen LogP contribution < -0.4 is 5.32 Å². The second kappa shape index (κ2) is 7.96. The smallest absolute Gasteiger partial charge is 0.412 e. The number of nitrogens with one attached hydrogen (secondary N) is 1. The number of hydrogen-bond acceptors (Lipinski definition) is 6. The van der Waals surface area contributed by atoms with Crippen molar-refractivity contribution in [2.24, 2.45) is 0 Å². The lowest BCUT2D eigenvalue weighted by Gasteiger charge is -2.06. The van der Waals surface area contributed by atoms with E-state index in [1.165, 1.54) is 29.5 Å². The SMILES string of the molecule is CCOC(=O)Nc1sccc1C=C(C#N)S(=O)(=O)c1ccc(C)cc1. The first-order valence-electron chi connectivity index (χ1n) is 7.33. The highest BCUT2D eigenvalue weighted by Gasteiger charge is 2.21. The molecule has 1 N–H and O–H groups in total. The first kappa shape index (κ1) is 18.7. The summed E-state index contributed by atoms with van der Waals surface area (Å²) in [5.74, 6) is 0. The molecule has 130 valence electrons. The van der Waals surface area contributed by atoms with Crippen LogP contribution in [0.15, 0.2) is 45.5 Å². The number of ether oxygens (including phenoxy) is 1. The van der Waals surface area contributed by atoms with Gasteiger partial charge in [0.1, 0.15) is 16.0 Å². The molecule has 0 aliphatic rings. The van der Waals surface area contributed by atoms with Crippen molar-refractivity contribution in [3.05, 3.63) is 51.7 Å². The van der Waals surface area contributed by atoms with Gasteiger partial charge in [0.05, 0.1) is 11.5 Å². The Labute approximate surface area is 150 Å². The molecule has 0 unspecified atom stereocenters. The number of aryl methyl sites for hydroxylation is 1. The highest BCUT2D eigenvalue weighted by atomic mass is 32.2. The minimum absolute atomic E-state index is 0.0426.